The molecule has 0 atom stereocenters. The highest BCUT2D eigenvalue weighted by atomic mass is 16.5. The van der Waals surface area contributed by atoms with Gasteiger partial charge in [0.25, 0.3) is 5.91 Å². The van der Waals surface area contributed by atoms with Gasteiger partial charge in [-0.2, -0.15) is 5.10 Å². The lowest BCUT2D eigenvalue weighted by Crippen LogP contribution is -2.32. The molecule has 0 fully saturated rings. The maximum absolute atomic E-state index is 12.4. The van der Waals surface area contributed by atoms with Gasteiger partial charge in [-0.05, 0) is 67.6 Å². The van der Waals surface area contributed by atoms with Crippen LogP contribution in [-0.4, -0.2) is 30.5 Å². The van der Waals surface area contributed by atoms with Crippen molar-refractivity contribution in [2.24, 2.45) is 5.10 Å². The summed E-state index contributed by atoms with van der Waals surface area (Å²) in [6.45, 7) is 7.71. The van der Waals surface area contributed by atoms with E-state index in [1.807, 2.05) is 52.0 Å². The molecule has 8 heteroatoms. The molecule has 3 rings (SSSR count). The summed E-state index contributed by atoms with van der Waals surface area (Å²) in [5, 5.41) is 9.33. The molecule has 0 saturated carbocycles. The zero-order valence-electron chi connectivity index (χ0n) is 20.8. The van der Waals surface area contributed by atoms with Crippen LogP contribution in [0.25, 0.3) is 0 Å². The topological polar surface area (TPSA) is 109 Å². The Kier molecular flexibility index (Phi) is 8.94. The van der Waals surface area contributed by atoms with Gasteiger partial charge in [-0.25, -0.2) is 5.43 Å². The van der Waals surface area contributed by atoms with Gasteiger partial charge in [0.15, 0.2) is 6.61 Å². The van der Waals surface area contributed by atoms with Crippen LogP contribution < -0.4 is 20.8 Å². The third kappa shape index (κ3) is 7.27. The van der Waals surface area contributed by atoms with Gasteiger partial charge in [-0.3, -0.25) is 14.4 Å². The van der Waals surface area contributed by atoms with Crippen molar-refractivity contribution in [1.82, 2.24) is 5.43 Å². The molecule has 3 aromatic rings. The number of nitrogens with one attached hydrogen (secondary N) is 3. The van der Waals surface area contributed by atoms with E-state index in [1.165, 1.54) is 6.21 Å². The second-order valence-corrected chi connectivity index (χ2v) is 8.35. The molecule has 3 amide bonds. The van der Waals surface area contributed by atoms with Gasteiger partial charge in [0.2, 0.25) is 0 Å². The van der Waals surface area contributed by atoms with Gasteiger partial charge in [0.05, 0.1) is 6.21 Å². The minimum atomic E-state index is -0.886. The Morgan fingerprint density at radius 3 is 2.33 bits per heavy atom. The lowest BCUT2D eigenvalue weighted by Gasteiger charge is -2.13. The number of nitrogens with zero attached hydrogens (tertiary/aromatic N) is 1. The van der Waals surface area contributed by atoms with E-state index in [0.29, 0.717) is 17.0 Å². The normalized spacial score (nSPS) is 10.7. The minimum absolute atomic E-state index is 0.163. The summed E-state index contributed by atoms with van der Waals surface area (Å²) in [5.74, 6) is -1.50. The first-order valence-corrected chi connectivity index (χ1v) is 11.6. The molecule has 0 aliphatic heterocycles. The van der Waals surface area contributed by atoms with Crippen molar-refractivity contribution in [3.8, 4) is 5.75 Å². The Morgan fingerprint density at radius 2 is 1.61 bits per heavy atom. The number of hydrogen-bond donors (Lipinski definition) is 3. The number of benzene rings is 3. The molecule has 0 aliphatic carbocycles. The average molecular weight is 487 g/mol. The van der Waals surface area contributed by atoms with E-state index in [4.69, 9.17) is 4.74 Å². The van der Waals surface area contributed by atoms with E-state index in [-0.39, 0.29) is 12.5 Å². The molecule has 0 saturated heterocycles. The van der Waals surface area contributed by atoms with Crippen molar-refractivity contribution < 1.29 is 19.1 Å². The fourth-order valence-electron chi connectivity index (χ4n) is 3.73. The molecule has 186 valence electrons. The maximum atomic E-state index is 12.4. The van der Waals surface area contributed by atoms with Crippen LogP contribution in [0.4, 0.5) is 11.4 Å². The van der Waals surface area contributed by atoms with Crippen LogP contribution in [0.3, 0.4) is 0 Å². The standard InChI is InChI=1S/C28H30N4O4/c1-5-22-10-6-7-12-24(22)30-27(34)28(35)32-29-16-21-9-8-11-23(15-21)36-17-25(33)31-26-19(3)13-18(2)14-20(26)4/h6-16H,5,17H2,1-4H3,(H,30,34)(H,31,33)(H,32,35)/b29-16-. The molecular formula is C28H30N4O4. The predicted molar refractivity (Wildman–Crippen MR) is 141 cm³/mol. The predicted octanol–water partition coefficient (Wildman–Crippen LogP) is 4.28. The Bertz CT molecular complexity index is 1280. The van der Waals surface area contributed by atoms with Crippen LogP contribution in [0.2, 0.25) is 0 Å². The SMILES string of the molecule is CCc1ccccc1NC(=O)C(=O)N/N=C\c1cccc(OCC(=O)Nc2c(C)cc(C)cc2C)c1. The van der Waals surface area contributed by atoms with E-state index in [2.05, 4.69) is 21.2 Å². The van der Waals surface area contributed by atoms with Gasteiger partial charge in [0.1, 0.15) is 5.75 Å². The Labute approximate surface area is 210 Å². The molecule has 36 heavy (non-hydrogen) atoms. The fourth-order valence-corrected chi connectivity index (χ4v) is 3.73. The number of hydrogen-bond acceptors (Lipinski definition) is 5. The highest BCUT2D eigenvalue weighted by Crippen LogP contribution is 2.22. The monoisotopic (exact) mass is 486 g/mol. The van der Waals surface area contributed by atoms with Crippen LogP contribution in [0.15, 0.2) is 65.8 Å². The summed E-state index contributed by atoms with van der Waals surface area (Å²) in [5.41, 5.74) is 8.25. The largest absolute Gasteiger partial charge is 0.484 e. The second kappa shape index (κ2) is 12.3. The fraction of sp³-hybridized carbons (Fsp3) is 0.214. The summed E-state index contributed by atoms with van der Waals surface area (Å²) in [6, 6.07) is 18.2. The summed E-state index contributed by atoms with van der Waals surface area (Å²) in [4.78, 5) is 36.6. The number of anilines is 2. The number of amides is 3. The first-order chi connectivity index (χ1) is 17.3. The number of hydrazone groups is 1. The smallest absolute Gasteiger partial charge is 0.329 e. The minimum Gasteiger partial charge on any atom is -0.484 e. The van der Waals surface area contributed by atoms with Gasteiger partial charge >= 0.3 is 11.8 Å². The second-order valence-electron chi connectivity index (χ2n) is 8.35. The van der Waals surface area contributed by atoms with Crippen LogP contribution in [0.1, 0.15) is 34.7 Å². The van der Waals surface area contributed by atoms with E-state index < -0.39 is 11.8 Å². The molecule has 0 radical (unpaired) electrons. The number of carbonyl (C=O) groups excluding carboxylic acids is 3. The lowest BCUT2D eigenvalue weighted by molar-refractivity contribution is -0.136. The summed E-state index contributed by atoms with van der Waals surface area (Å²) in [7, 11) is 0. The van der Waals surface area contributed by atoms with Gasteiger partial charge in [-0.15, -0.1) is 0 Å². The van der Waals surface area contributed by atoms with Gasteiger partial charge < -0.3 is 15.4 Å². The number of carbonyl (C=O) groups is 3. The molecule has 8 nitrogen and oxygen atoms in total. The van der Waals surface area contributed by atoms with E-state index in [9.17, 15) is 14.4 Å². The van der Waals surface area contributed by atoms with Crippen LogP contribution in [-0.2, 0) is 20.8 Å². The quantitative estimate of drug-likeness (QED) is 0.251. The third-order valence-corrected chi connectivity index (χ3v) is 5.40. The molecule has 0 heterocycles. The van der Waals surface area contributed by atoms with Crippen molar-refractivity contribution in [2.45, 2.75) is 34.1 Å². The number of rotatable bonds is 8. The molecule has 3 aromatic carbocycles. The molecule has 0 spiro atoms. The Hall–Kier alpha value is -4.46. The van der Waals surface area contributed by atoms with Crippen molar-refractivity contribution in [1.29, 1.82) is 0 Å². The first kappa shape index (κ1) is 26.2. The van der Waals surface area contributed by atoms with Crippen molar-refractivity contribution in [3.05, 3.63) is 88.5 Å². The van der Waals surface area contributed by atoms with Crippen molar-refractivity contribution in [3.63, 3.8) is 0 Å². The average Bonchev–Trinajstić information content (AvgIpc) is 2.85. The van der Waals surface area contributed by atoms with Gasteiger partial charge in [0, 0.05) is 11.4 Å². The molecule has 3 N–H and O–H groups in total. The third-order valence-electron chi connectivity index (χ3n) is 5.40. The molecule has 0 bridgehead atoms. The molecule has 0 unspecified atom stereocenters. The maximum Gasteiger partial charge on any atom is 0.329 e. The Morgan fingerprint density at radius 1 is 0.889 bits per heavy atom. The van der Waals surface area contributed by atoms with Crippen LogP contribution in [0, 0.1) is 20.8 Å². The number of ether oxygens (including phenoxy) is 1. The van der Waals surface area contributed by atoms with Gasteiger partial charge in [-0.1, -0.05) is 55.0 Å². The molecule has 0 aliphatic rings. The van der Waals surface area contributed by atoms with E-state index in [0.717, 1.165) is 34.4 Å². The van der Waals surface area contributed by atoms with Crippen LogP contribution >= 0.6 is 0 Å². The van der Waals surface area contributed by atoms with E-state index in [1.54, 1.807) is 36.4 Å². The summed E-state index contributed by atoms with van der Waals surface area (Å²) >= 11 is 0. The lowest BCUT2D eigenvalue weighted by atomic mass is 10.1. The number of para-hydroxylation sites is 1. The highest BCUT2D eigenvalue weighted by molar-refractivity contribution is 6.39. The molecular weight excluding hydrogens is 456 g/mol. The van der Waals surface area contributed by atoms with Crippen molar-refractivity contribution >= 4 is 35.3 Å². The summed E-state index contributed by atoms with van der Waals surface area (Å²) < 4.78 is 5.61. The highest BCUT2D eigenvalue weighted by Gasteiger charge is 2.14. The zero-order valence-corrected chi connectivity index (χ0v) is 20.8. The number of aryl methyl sites for hydroxylation is 4. The first-order valence-electron chi connectivity index (χ1n) is 11.6. The summed E-state index contributed by atoms with van der Waals surface area (Å²) in [6.07, 6.45) is 2.11. The zero-order chi connectivity index (χ0) is 26.1. The van der Waals surface area contributed by atoms with Crippen molar-refractivity contribution in [2.75, 3.05) is 17.2 Å². The molecule has 0 aromatic heterocycles. The Balaban J connectivity index is 1.52. The van der Waals surface area contributed by atoms with E-state index >= 15 is 0 Å². The van der Waals surface area contributed by atoms with Crippen LogP contribution in [0.5, 0.6) is 5.75 Å².